The maximum absolute atomic E-state index is 5.76. The number of nitrogens with one attached hydrogen (secondary N) is 1. The van der Waals surface area contributed by atoms with E-state index in [0.29, 0.717) is 0 Å². The lowest BCUT2D eigenvalue weighted by molar-refractivity contribution is 0.305. The molecule has 0 aromatic heterocycles. The molecule has 1 aliphatic rings. The summed E-state index contributed by atoms with van der Waals surface area (Å²) in [5, 5.41) is 3.37. The topological polar surface area (TPSA) is 24.5 Å². The molecule has 0 unspecified atom stereocenters. The van der Waals surface area contributed by atoms with Gasteiger partial charge in [-0.25, -0.2) is 0 Å². The van der Waals surface area contributed by atoms with Crippen molar-refractivity contribution in [3.05, 3.63) is 24.3 Å². The first-order valence-electron chi connectivity index (χ1n) is 7.58. The average Bonchev–Trinajstić information content (AvgIpc) is 2.49. The lowest BCUT2D eigenvalue weighted by Gasteiger charge is -2.29. The molecule has 0 amide bonds. The molecule has 20 heavy (non-hydrogen) atoms. The van der Waals surface area contributed by atoms with Gasteiger partial charge in [-0.2, -0.15) is 0 Å². The van der Waals surface area contributed by atoms with Crippen molar-refractivity contribution >= 4 is 18.1 Å². The fraction of sp³-hybridized carbons (Fsp3) is 0.625. The van der Waals surface area contributed by atoms with E-state index in [1.165, 1.54) is 24.9 Å². The van der Waals surface area contributed by atoms with Crippen LogP contribution in [0.25, 0.3) is 0 Å². The number of halogens is 1. The number of nitrogens with zero attached hydrogens (tertiary/aromatic N) is 1. The van der Waals surface area contributed by atoms with E-state index < -0.39 is 0 Å². The Hall–Kier alpha value is -0.930. The highest BCUT2D eigenvalue weighted by Crippen LogP contribution is 2.20. The second-order valence-corrected chi connectivity index (χ2v) is 5.14. The first-order valence-corrected chi connectivity index (χ1v) is 7.58. The van der Waals surface area contributed by atoms with Crippen LogP contribution < -0.4 is 15.0 Å². The van der Waals surface area contributed by atoms with Crippen LogP contribution in [-0.4, -0.2) is 32.8 Å². The summed E-state index contributed by atoms with van der Waals surface area (Å²) >= 11 is 0. The maximum Gasteiger partial charge on any atom is 0.119 e. The van der Waals surface area contributed by atoms with Gasteiger partial charge in [0.15, 0.2) is 0 Å². The summed E-state index contributed by atoms with van der Waals surface area (Å²) in [7, 11) is 0. The van der Waals surface area contributed by atoms with E-state index >= 15 is 0 Å². The predicted octanol–water partition coefficient (Wildman–Crippen LogP) is 3.48. The molecule has 1 heterocycles. The molecule has 0 bridgehead atoms. The molecule has 1 aliphatic heterocycles. The van der Waals surface area contributed by atoms with Crippen molar-refractivity contribution in [1.29, 1.82) is 0 Å². The second kappa shape index (κ2) is 9.89. The number of piperazine rings is 1. The number of unbranched alkanes of at least 4 members (excludes halogenated alkanes) is 3. The normalized spacial score (nSPS) is 14.8. The van der Waals surface area contributed by atoms with Gasteiger partial charge < -0.3 is 15.0 Å². The molecule has 0 atom stereocenters. The third-order valence-corrected chi connectivity index (χ3v) is 3.59. The van der Waals surface area contributed by atoms with Gasteiger partial charge in [0.2, 0.25) is 0 Å². The van der Waals surface area contributed by atoms with Gasteiger partial charge in [0.25, 0.3) is 0 Å². The van der Waals surface area contributed by atoms with Crippen molar-refractivity contribution in [3.8, 4) is 5.75 Å². The van der Waals surface area contributed by atoms with Crippen molar-refractivity contribution in [2.24, 2.45) is 0 Å². The quantitative estimate of drug-likeness (QED) is 0.780. The van der Waals surface area contributed by atoms with Crippen molar-refractivity contribution in [2.75, 3.05) is 37.7 Å². The zero-order valence-electron chi connectivity index (χ0n) is 12.4. The summed E-state index contributed by atoms with van der Waals surface area (Å²) in [5.41, 5.74) is 1.31. The number of hydrogen-bond acceptors (Lipinski definition) is 3. The molecular formula is C16H27ClN2O. The molecule has 1 fully saturated rings. The van der Waals surface area contributed by atoms with Gasteiger partial charge in [-0.15, -0.1) is 12.4 Å². The van der Waals surface area contributed by atoms with Gasteiger partial charge in [-0.3, -0.25) is 0 Å². The van der Waals surface area contributed by atoms with Crippen molar-refractivity contribution in [1.82, 2.24) is 5.32 Å². The molecule has 0 aliphatic carbocycles. The minimum absolute atomic E-state index is 0. The molecule has 1 aromatic rings. The number of benzene rings is 1. The van der Waals surface area contributed by atoms with Gasteiger partial charge >= 0.3 is 0 Å². The SMILES string of the molecule is CCCCCCOc1ccc(N2CCNCC2)cc1.Cl. The molecule has 4 heteroatoms. The molecule has 2 rings (SSSR count). The molecule has 1 aromatic carbocycles. The smallest absolute Gasteiger partial charge is 0.119 e. The highest BCUT2D eigenvalue weighted by atomic mass is 35.5. The monoisotopic (exact) mass is 298 g/mol. The summed E-state index contributed by atoms with van der Waals surface area (Å²) in [6, 6.07) is 8.54. The van der Waals surface area contributed by atoms with Crippen LogP contribution in [0.1, 0.15) is 32.6 Å². The van der Waals surface area contributed by atoms with Crippen LogP contribution in [0.3, 0.4) is 0 Å². The lowest BCUT2D eigenvalue weighted by Crippen LogP contribution is -2.43. The van der Waals surface area contributed by atoms with E-state index in [-0.39, 0.29) is 12.4 Å². The van der Waals surface area contributed by atoms with Crippen LogP contribution in [0.4, 0.5) is 5.69 Å². The highest BCUT2D eigenvalue weighted by Gasteiger charge is 2.09. The third-order valence-electron chi connectivity index (χ3n) is 3.59. The molecule has 0 radical (unpaired) electrons. The molecule has 1 saturated heterocycles. The number of anilines is 1. The summed E-state index contributed by atoms with van der Waals surface area (Å²) in [6.07, 6.45) is 5.02. The van der Waals surface area contributed by atoms with Crippen molar-refractivity contribution in [3.63, 3.8) is 0 Å². The minimum Gasteiger partial charge on any atom is -0.494 e. The zero-order valence-corrected chi connectivity index (χ0v) is 13.3. The van der Waals surface area contributed by atoms with Gasteiger partial charge in [0.1, 0.15) is 5.75 Å². The molecule has 114 valence electrons. The summed E-state index contributed by atoms with van der Waals surface area (Å²) < 4.78 is 5.76. The Morgan fingerprint density at radius 1 is 1.05 bits per heavy atom. The van der Waals surface area contributed by atoms with Gasteiger partial charge in [-0.1, -0.05) is 26.2 Å². The Morgan fingerprint density at radius 2 is 1.75 bits per heavy atom. The van der Waals surface area contributed by atoms with Crippen LogP contribution in [-0.2, 0) is 0 Å². The van der Waals surface area contributed by atoms with E-state index in [9.17, 15) is 0 Å². The van der Waals surface area contributed by atoms with E-state index in [0.717, 1.165) is 45.0 Å². The summed E-state index contributed by atoms with van der Waals surface area (Å²) in [4.78, 5) is 2.42. The van der Waals surface area contributed by atoms with Crippen molar-refractivity contribution < 1.29 is 4.74 Å². The van der Waals surface area contributed by atoms with Crippen LogP contribution in [0.5, 0.6) is 5.75 Å². The average molecular weight is 299 g/mol. The molecule has 0 spiro atoms. The molecule has 1 N–H and O–H groups in total. The number of ether oxygens (including phenoxy) is 1. The van der Waals surface area contributed by atoms with Crippen molar-refractivity contribution in [2.45, 2.75) is 32.6 Å². The van der Waals surface area contributed by atoms with E-state index in [4.69, 9.17) is 4.74 Å². The summed E-state index contributed by atoms with van der Waals surface area (Å²) in [6.45, 7) is 7.42. The lowest BCUT2D eigenvalue weighted by atomic mass is 10.2. The first kappa shape index (κ1) is 17.1. The van der Waals surface area contributed by atoms with Gasteiger partial charge in [-0.05, 0) is 30.7 Å². The Labute approximate surface area is 129 Å². The second-order valence-electron chi connectivity index (χ2n) is 5.14. The minimum atomic E-state index is 0. The van der Waals surface area contributed by atoms with E-state index in [1.54, 1.807) is 0 Å². The first-order chi connectivity index (χ1) is 9.40. The maximum atomic E-state index is 5.76. The molecule has 0 saturated carbocycles. The Bertz CT molecular complexity index is 350. The van der Waals surface area contributed by atoms with Gasteiger partial charge in [0.05, 0.1) is 6.61 Å². The standard InChI is InChI=1S/C16H26N2O.ClH/c1-2-3-4-5-14-19-16-8-6-15(7-9-16)18-12-10-17-11-13-18;/h6-9,17H,2-5,10-14H2,1H3;1H. The number of hydrogen-bond donors (Lipinski definition) is 1. The van der Waals surface area contributed by atoms with Crippen LogP contribution in [0, 0.1) is 0 Å². The van der Waals surface area contributed by atoms with E-state index in [2.05, 4.69) is 41.4 Å². The largest absolute Gasteiger partial charge is 0.494 e. The zero-order chi connectivity index (χ0) is 13.3. The number of rotatable bonds is 7. The van der Waals surface area contributed by atoms with Crippen LogP contribution >= 0.6 is 12.4 Å². The molecular weight excluding hydrogens is 272 g/mol. The van der Waals surface area contributed by atoms with E-state index in [1.807, 2.05) is 0 Å². The Balaban J connectivity index is 0.00000200. The fourth-order valence-electron chi connectivity index (χ4n) is 2.40. The highest BCUT2D eigenvalue weighted by molar-refractivity contribution is 5.85. The summed E-state index contributed by atoms with van der Waals surface area (Å²) in [5.74, 6) is 0.996. The van der Waals surface area contributed by atoms with Gasteiger partial charge in [0, 0.05) is 31.9 Å². The predicted molar refractivity (Wildman–Crippen MR) is 88.4 cm³/mol. The van der Waals surface area contributed by atoms with Crippen LogP contribution in [0.15, 0.2) is 24.3 Å². The van der Waals surface area contributed by atoms with Crippen LogP contribution in [0.2, 0.25) is 0 Å². The Morgan fingerprint density at radius 3 is 2.40 bits per heavy atom. The molecule has 3 nitrogen and oxygen atoms in total. The fourth-order valence-corrected chi connectivity index (χ4v) is 2.40. The Kier molecular flexibility index (Phi) is 8.47. The third kappa shape index (κ3) is 5.59.